The summed E-state index contributed by atoms with van der Waals surface area (Å²) >= 11 is 1.50. The van der Waals surface area contributed by atoms with Gasteiger partial charge in [-0.05, 0) is 176 Å². The lowest BCUT2D eigenvalue weighted by molar-refractivity contribution is -0.156. The first-order valence-electron chi connectivity index (χ1n) is 26.0. The van der Waals surface area contributed by atoms with Crippen molar-refractivity contribution in [2.45, 2.75) is 245 Å². The summed E-state index contributed by atoms with van der Waals surface area (Å²) in [5.41, 5.74) is -3.37. The number of ketones is 1. The van der Waals surface area contributed by atoms with E-state index < -0.39 is 102 Å². The van der Waals surface area contributed by atoms with E-state index in [0.717, 1.165) is 0 Å². The van der Waals surface area contributed by atoms with Gasteiger partial charge in [0.2, 0.25) is 11.8 Å². The molecule has 18 heteroatoms. The molecular formula is C56H97N3O13S2. The van der Waals surface area contributed by atoms with Crippen LogP contribution < -0.4 is 16.0 Å². The number of Topliss-reactive ketones (excluding diaryl/α,β-unsaturated/α-hetero) is 1. The SMILES string of the molecule is CC(C)(CCOC(C)(C)C)NC(=O)C(CCC(=O)OC(C)(C)C)NC(=O)[C@H](CCC(=O)OC(C)(C)C)NC(=O)c1ccc(C(=O)C(CSC(C)(C)CCOC(C)(C)C)CS(=O)(=O)C(C)(C)CCOC(C)(C)C)cc1. The highest BCUT2D eigenvalue weighted by atomic mass is 32.2. The Kier molecular flexibility index (Phi) is 25.6. The molecule has 0 aliphatic carbocycles. The van der Waals surface area contributed by atoms with Crippen LogP contribution in [0, 0.1) is 5.92 Å². The van der Waals surface area contributed by atoms with Gasteiger partial charge in [0.1, 0.15) is 23.3 Å². The molecule has 1 aromatic rings. The van der Waals surface area contributed by atoms with E-state index in [9.17, 15) is 37.2 Å². The molecule has 2 unspecified atom stereocenters. The highest BCUT2D eigenvalue weighted by Crippen LogP contribution is 2.34. The van der Waals surface area contributed by atoms with Crippen molar-refractivity contribution >= 4 is 57.0 Å². The minimum absolute atomic E-state index is 0.0635. The normalized spacial score (nSPS) is 14.6. The van der Waals surface area contributed by atoms with Crippen LogP contribution in [0.5, 0.6) is 0 Å². The number of nitrogens with one attached hydrogen (secondary N) is 3. The van der Waals surface area contributed by atoms with Gasteiger partial charge in [-0.25, -0.2) is 8.42 Å². The standard InChI is InChI=1S/C56H97N3O13S2/c1-49(2,3)68-33-30-54(16,17)59-48(65)42(27-29-44(61)72-53(13,14)15)58-47(64)41(26-28-43(60)71-52(10,11)12)57-46(63)39-24-22-38(23-25-39)45(62)40(36-73-55(18,19)31-34-69-50(4,5)6)37-74(66,67)56(20,21)32-35-70-51(7,8)9/h22-25,40-42H,26-37H2,1-21H3,(H,57,63)(H,58,64)(H,59,65)/t40?,41-,42?/m0/s1. The second-order valence-corrected chi connectivity index (χ2v) is 30.5. The van der Waals surface area contributed by atoms with Gasteiger partial charge in [-0.15, -0.1) is 0 Å². The molecule has 0 aliphatic rings. The van der Waals surface area contributed by atoms with Gasteiger partial charge in [-0.3, -0.25) is 28.8 Å². The summed E-state index contributed by atoms with van der Waals surface area (Å²) in [6.07, 6.45) is 0.455. The fourth-order valence-corrected chi connectivity index (χ4v) is 9.87. The van der Waals surface area contributed by atoms with Crippen molar-refractivity contribution in [3.8, 4) is 0 Å². The summed E-state index contributed by atoms with van der Waals surface area (Å²) in [5.74, 6) is -4.87. The third kappa shape index (κ3) is 29.1. The van der Waals surface area contributed by atoms with Crippen LogP contribution in [0.2, 0.25) is 0 Å². The van der Waals surface area contributed by atoms with E-state index in [0.29, 0.717) is 26.1 Å². The zero-order chi connectivity index (χ0) is 57.5. The summed E-state index contributed by atoms with van der Waals surface area (Å²) in [5, 5.41) is 8.39. The number of thioether (sulfide) groups is 1. The quantitative estimate of drug-likeness (QED) is 0.0503. The molecule has 426 valence electrons. The average molecular weight is 1080 g/mol. The molecule has 0 spiro atoms. The van der Waals surface area contributed by atoms with E-state index in [4.69, 9.17) is 23.7 Å². The Morgan fingerprint density at radius 3 is 1.36 bits per heavy atom. The molecule has 1 rings (SSSR count). The maximum atomic E-state index is 14.5. The fourth-order valence-electron chi connectivity index (χ4n) is 6.93. The van der Waals surface area contributed by atoms with E-state index in [1.54, 1.807) is 55.4 Å². The Bertz CT molecular complexity index is 2120. The highest BCUT2D eigenvalue weighted by molar-refractivity contribution is 8.00. The Balaban J connectivity index is 3.62. The minimum atomic E-state index is -3.87. The maximum Gasteiger partial charge on any atom is 0.306 e. The predicted octanol–water partition coefficient (Wildman–Crippen LogP) is 9.53. The van der Waals surface area contributed by atoms with Crippen molar-refractivity contribution in [1.29, 1.82) is 0 Å². The van der Waals surface area contributed by atoms with E-state index >= 15 is 0 Å². The fraction of sp³-hybridized carbons (Fsp3) is 0.786. The smallest absolute Gasteiger partial charge is 0.306 e. The van der Waals surface area contributed by atoms with Gasteiger partial charge in [0.05, 0.1) is 27.3 Å². The number of carbonyl (C=O) groups is 6. The maximum absolute atomic E-state index is 14.5. The average Bonchev–Trinajstić information content (AvgIpc) is 3.18. The first kappa shape index (κ1) is 68.4. The van der Waals surface area contributed by atoms with Gasteiger partial charge < -0.3 is 39.6 Å². The third-order valence-electron chi connectivity index (χ3n) is 11.3. The zero-order valence-electron chi connectivity index (χ0n) is 49.2. The van der Waals surface area contributed by atoms with Gasteiger partial charge in [-0.1, -0.05) is 26.0 Å². The Hall–Kier alpha value is -3.58. The molecule has 16 nitrogen and oxygen atoms in total. The molecule has 0 radical (unpaired) electrons. The number of ether oxygens (including phenoxy) is 5. The van der Waals surface area contributed by atoms with E-state index in [-0.39, 0.29) is 65.9 Å². The summed E-state index contributed by atoms with van der Waals surface area (Å²) in [6.45, 7) is 39.7. The summed E-state index contributed by atoms with van der Waals surface area (Å²) in [6, 6.07) is 3.09. The number of rotatable bonds is 29. The Morgan fingerprint density at radius 1 is 0.527 bits per heavy atom. The van der Waals surface area contributed by atoms with Crippen molar-refractivity contribution in [2.75, 3.05) is 31.3 Å². The van der Waals surface area contributed by atoms with Crippen LogP contribution in [0.15, 0.2) is 24.3 Å². The molecular weight excluding hydrogens is 987 g/mol. The number of hydrogen-bond donors (Lipinski definition) is 3. The van der Waals surface area contributed by atoms with E-state index in [2.05, 4.69) is 16.0 Å². The van der Waals surface area contributed by atoms with E-state index in [1.807, 2.05) is 90.0 Å². The highest BCUT2D eigenvalue weighted by Gasteiger charge is 2.39. The number of carbonyl (C=O) groups excluding carboxylic acids is 6. The van der Waals surface area contributed by atoms with Crippen LogP contribution in [0.4, 0.5) is 0 Å². The minimum Gasteiger partial charge on any atom is -0.460 e. The number of hydrogen-bond acceptors (Lipinski definition) is 14. The molecule has 0 saturated heterocycles. The van der Waals surface area contributed by atoms with Gasteiger partial charge in [0.15, 0.2) is 15.6 Å². The molecule has 0 aliphatic heterocycles. The zero-order valence-corrected chi connectivity index (χ0v) is 50.8. The monoisotopic (exact) mass is 1080 g/mol. The molecule has 3 atom stereocenters. The van der Waals surface area contributed by atoms with Crippen molar-refractivity contribution in [3.63, 3.8) is 0 Å². The molecule has 0 heterocycles. The third-order valence-corrected chi connectivity index (χ3v) is 15.6. The lowest BCUT2D eigenvalue weighted by Gasteiger charge is -2.31. The van der Waals surface area contributed by atoms with E-state index in [1.165, 1.54) is 36.0 Å². The van der Waals surface area contributed by atoms with Crippen molar-refractivity contribution in [2.24, 2.45) is 5.92 Å². The molecule has 3 N–H and O–H groups in total. The molecule has 3 amide bonds. The predicted molar refractivity (Wildman–Crippen MR) is 295 cm³/mol. The van der Waals surface area contributed by atoms with Gasteiger partial charge in [0, 0.05) is 65.7 Å². The van der Waals surface area contributed by atoms with Crippen LogP contribution in [0.1, 0.15) is 211 Å². The number of benzene rings is 1. The molecule has 0 aromatic heterocycles. The van der Waals surface area contributed by atoms with Crippen LogP contribution in [-0.2, 0) is 52.7 Å². The second-order valence-electron chi connectivity index (χ2n) is 26.1. The summed E-state index contributed by atoms with van der Waals surface area (Å²) in [7, 11) is -3.87. The van der Waals surface area contributed by atoms with Crippen molar-refractivity contribution in [1.82, 2.24) is 16.0 Å². The first-order chi connectivity index (χ1) is 33.2. The van der Waals surface area contributed by atoms with Gasteiger partial charge >= 0.3 is 11.9 Å². The molecule has 74 heavy (non-hydrogen) atoms. The number of esters is 2. The summed E-state index contributed by atoms with van der Waals surface area (Å²) < 4.78 is 55.5. The molecule has 0 saturated carbocycles. The van der Waals surface area contributed by atoms with Crippen LogP contribution in [-0.4, -0.2) is 130 Å². The molecule has 0 bridgehead atoms. The van der Waals surface area contributed by atoms with Crippen molar-refractivity contribution in [3.05, 3.63) is 35.4 Å². The van der Waals surface area contributed by atoms with Crippen LogP contribution >= 0.6 is 11.8 Å². The second kappa shape index (κ2) is 27.6. The first-order valence-corrected chi connectivity index (χ1v) is 28.6. The van der Waals surface area contributed by atoms with Gasteiger partial charge in [-0.2, -0.15) is 11.8 Å². The lowest BCUT2D eigenvalue weighted by Crippen LogP contribution is -2.57. The van der Waals surface area contributed by atoms with Crippen molar-refractivity contribution < 1.29 is 60.9 Å². The lowest BCUT2D eigenvalue weighted by atomic mass is 9.99. The molecule has 0 fully saturated rings. The number of amides is 3. The largest absolute Gasteiger partial charge is 0.460 e. The Morgan fingerprint density at radius 2 is 0.932 bits per heavy atom. The summed E-state index contributed by atoms with van der Waals surface area (Å²) in [4.78, 5) is 82.6. The topological polar surface area (TPSA) is 219 Å². The van der Waals surface area contributed by atoms with Crippen LogP contribution in [0.25, 0.3) is 0 Å². The van der Waals surface area contributed by atoms with Gasteiger partial charge in [0.25, 0.3) is 5.91 Å². The van der Waals surface area contributed by atoms with Crippen LogP contribution in [0.3, 0.4) is 0 Å². The number of sulfone groups is 1. The molecule has 1 aromatic carbocycles. The Labute approximate surface area is 450 Å².